The largest absolute Gasteiger partial charge is 0.463 e. The van der Waals surface area contributed by atoms with Gasteiger partial charge >= 0.3 is 30.1 Å². The monoisotopic (exact) mass is 722 g/mol. The highest BCUT2D eigenvalue weighted by molar-refractivity contribution is 5.78. The minimum absolute atomic E-state index is 0.104. The zero-order valence-electron chi connectivity index (χ0n) is 31.1. The van der Waals surface area contributed by atoms with Gasteiger partial charge in [-0.25, -0.2) is 14.4 Å². The lowest BCUT2D eigenvalue weighted by atomic mass is 10.2. The number of alkyl carbamates (subject to hydrolysis) is 2. The van der Waals surface area contributed by atoms with Crippen LogP contribution in [0, 0.1) is 0 Å². The van der Waals surface area contributed by atoms with E-state index in [-0.39, 0.29) is 52.6 Å². The van der Waals surface area contributed by atoms with Gasteiger partial charge in [-0.15, -0.1) is 0 Å². The molecular weight excluding hydrogens is 664 g/mol. The molecule has 0 aliphatic heterocycles. The van der Waals surface area contributed by atoms with Crippen LogP contribution in [-0.4, -0.2) is 150 Å². The lowest BCUT2D eigenvalue weighted by molar-refractivity contribution is -0.156. The highest BCUT2D eigenvalue weighted by Crippen LogP contribution is 2.08. The Labute approximate surface area is 294 Å². The molecule has 18 heteroatoms. The maximum absolute atomic E-state index is 12.4. The van der Waals surface area contributed by atoms with Gasteiger partial charge in [-0.05, 0) is 62.3 Å². The van der Waals surface area contributed by atoms with Crippen LogP contribution < -0.4 is 16.0 Å². The van der Waals surface area contributed by atoms with E-state index in [9.17, 15) is 28.8 Å². The van der Waals surface area contributed by atoms with Gasteiger partial charge in [0, 0.05) is 26.2 Å². The summed E-state index contributed by atoms with van der Waals surface area (Å²) in [6.07, 6.45) is -1.28. The van der Waals surface area contributed by atoms with E-state index >= 15 is 0 Å². The predicted octanol–water partition coefficient (Wildman–Crippen LogP) is 0.932. The first-order valence-corrected chi connectivity index (χ1v) is 16.3. The van der Waals surface area contributed by atoms with E-state index in [0.29, 0.717) is 26.4 Å². The number of amides is 3. The van der Waals surface area contributed by atoms with Crippen LogP contribution in [0.2, 0.25) is 0 Å². The molecule has 0 atom stereocenters. The third-order valence-corrected chi connectivity index (χ3v) is 5.20. The summed E-state index contributed by atoms with van der Waals surface area (Å²) in [7, 11) is 0. The van der Waals surface area contributed by atoms with Crippen molar-refractivity contribution in [2.24, 2.45) is 0 Å². The highest BCUT2D eigenvalue weighted by Gasteiger charge is 2.21. The topological polar surface area (TPSA) is 216 Å². The van der Waals surface area contributed by atoms with Gasteiger partial charge in [-0.2, -0.15) is 0 Å². The van der Waals surface area contributed by atoms with Gasteiger partial charge in [-0.1, -0.05) is 0 Å². The van der Waals surface area contributed by atoms with Gasteiger partial charge in [0.05, 0.1) is 33.0 Å². The predicted molar refractivity (Wildman–Crippen MR) is 178 cm³/mol. The second kappa shape index (κ2) is 24.4. The van der Waals surface area contributed by atoms with E-state index in [1.165, 1.54) is 0 Å². The molecule has 290 valence electrons. The van der Waals surface area contributed by atoms with Crippen molar-refractivity contribution in [3.63, 3.8) is 0 Å². The minimum atomic E-state index is -0.764. The Kier molecular flexibility index (Phi) is 22.6. The summed E-state index contributed by atoms with van der Waals surface area (Å²) in [4.78, 5) is 73.2. The van der Waals surface area contributed by atoms with Crippen LogP contribution in [0.3, 0.4) is 0 Å². The van der Waals surface area contributed by atoms with Crippen LogP contribution >= 0.6 is 0 Å². The molecule has 18 nitrogen and oxygen atoms in total. The smallest absolute Gasteiger partial charge is 0.408 e. The maximum atomic E-state index is 12.4. The van der Waals surface area contributed by atoms with Crippen LogP contribution in [0.1, 0.15) is 62.3 Å². The fraction of sp³-hybridized carbons (Fsp3) is 0.812. The Morgan fingerprint density at radius 2 is 0.980 bits per heavy atom. The Morgan fingerprint density at radius 1 is 0.500 bits per heavy atom. The molecule has 0 aromatic rings. The molecule has 0 saturated heterocycles. The van der Waals surface area contributed by atoms with Gasteiger partial charge in [0.2, 0.25) is 5.91 Å². The summed E-state index contributed by atoms with van der Waals surface area (Å²) >= 11 is 0. The SMILES string of the molecule is CC(C)(C)OC(=O)CN(CCOC(=O)CNC(=O)OC(C)(C)C)CCOC(=O)COCC(=O)NCCOCCOCCNC(=O)OC(C)(C)C. The number of ether oxygens (including phenoxy) is 8. The van der Waals surface area contributed by atoms with Crippen LogP contribution in [0.5, 0.6) is 0 Å². The van der Waals surface area contributed by atoms with Crippen molar-refractivity contribution in [2.75, 3.05) is 92.1 Å². The summed E-state index contributed by atoms with van der Waals surface area (Å²) in [5, 5.41) is 7.46. The fourth-order valence-corrected chi connectivity index (χ4v) is 3.36. The summed E-state index contributed by atoms with van der Waals surface area (Å²) in [5.41, 5.74) is -2.01. The van der Waals surface area contributed by atoms with E-state index in [2.05, 4.69) is 16.0 Å². The quantitative estimate of drug-likeness (QED) is 0.0760. The molecule has 0 aromatic heterocycles. The third kappa shape index (κ3) is 31.5. The molecule has 3 N–H and O–H groups in total. The average molecular weight is 723 g/mol. The normalized spacial score (nSPS) is 11.7. The number of rotatable bonds is 23. The molecule has 0 bridgehead atoms. The number of esters is 3. The third-order valence-electron chi connectivity index (χ3n) is 5.20. The zero-order valence-corrected chi connectivity index (χ0v) is 31.1. The van der Waals surface area contributed by atoms with Crippen molar-refractivity contribution in [3.8, 4) is 0 Å². The van der Waals surface area contributed by atoms with Crippen molar-refractivity contribution < 1.29 is 66.7 Å². The van der Waals surface area contributed by atoms with Crippen molar-refractivity contribution in [1.82, 2.24) is 20.9 Å². The molecule has 0 heterocycles. The first-order chi connectivity index (χ1) is 23.1. The van der Waals surface area contributed by atoms with E-state index in [4.69, 9.17) is 37.9 Å². The van der Waals surface area contributed by atoms with E-state index < -0.39 is 66.0 Å². The van der Waals surface area contributed by atoms with Gasteiger partial charge in [0.1, 0.15) is 49.8 Å². The summed E-state index contributed by atoms with van der Waals surface area (Å²) < 4.78 is 41.6. The lowest BCUT2D eigenvalue weighted by Gasteiger charge is -2.24. The molecule has 0 aromatic carbocycles. The van der Waals surface area contributed by atoms with Crippen LogP contribution in [0.25, 0.3) is 0 Å². The molecule has 0 unspecified atom stereocenters. The second-order valence-corrected chi connectivity index (χ2v) is 13.7. The first kappa shape index (κ1) is 46.3. The molecule has 0 saturated carbocycles. The standard InChI is InChI=1S/C32H58N4O14/c1-30(2,3)48-26(39)21-36(12-16-46-25(38)20-35-29(42)50-32(7,8)9)13-17-47-27(40)23-45-22-24(37)33-10-14-43-18-19-44-15-11-34-28(41)49-31(4,5)6/h10-23H2,1-9H3,(H,33,37)(H,34,41)(H,35,42). The first-order valence-electron chi connectivity index (χ1n) is 16.3. The molecule has 50 heavy (non-hydrogen) atoms. The fourth-order valence-electron chi connectivity index (χ4n) is 3.36. The molecule has 0 rings (SSSR count). The van der Waals surface area contributed by atoms with Crippen LogP contribution in [-0.2, 0) is 57.1 Å². The van der Waals surface area contributed by atoms with Gasteiger partial charge < -0.3 is 53.8 Å². The number of nitrogens with zero attached hydrogens (tertiary/aromatic N) is 1. The number of carbonyl (C=O) groups excluding carboxylic acids is 6. The van der Waals surface area contributed by atoms with Crippen molar-refractivity contribution in [2.45, 2.75) is 79.1 Å². The summed E-state index contributed by atoms with van der Waals surface area (Å²) in [6, 6.07) is 0. The molecular formula is C32H58N4O14. The van der Waals surface area contributed by atoms with Crippen LogP contribution in [0.4, 0.5) is 9.59 Å². The maximum Gasteiger partial charge on any atom is 0.408 e. The van der Waals surface area contributed by atoms with Crippen molar-refractivity contribution in [3.05, 3.63) is 0 Å². The molecule has 0 aliphatic carbocycles. The van der Waals surface area contributed by atoms with E-state index in [1.807, 2.05) is 0 Å². The lowest BCUT2D eigenvalue weighted by Crippen LogP contribution is -2.40. The van der Waals surface area contributed by atoms with Crippen molar-refractivity contribution in [1.29, 1.82) is 0 Å². The summed E-state index contributed by atoms with van der Waals surface area (Å²) in [6.45, 7) is 15.7. The second-order valence-electron chi connectivity index (χ2n) is 13.7. The number of hydrogen-bond acceptors (Lipinski definition) is 15. The Balaban J connectivity index is 4.22. The van der Waals surface area contributed by atoms with E-state index in [0.717, 1.165) is 0 Å². The average Bonchev–Trinajstić information content (AvgIpc) is 2.94. The summed E-state index contributed by atoms with van der Waals surface area (Å²) in [5.74, 6) is -2.41. The van der Waals surface area contributed by atoms with Gasteiger partial charge in [0.15, 0.2) is 0 Å². The minimum Gasteiger partial charge on any atom is -0.463 e. The Bertz CT molecular complexity index is 1050. The molecule has 3 amide bonds. The Morgan fingerprint density at radius 3 is 1.50 bits per heavy atom. The highest BCUT2D eigenvalue weighted by atomic mass is 16.6. The van der Waals surface area contributed by atoms with Gasteiger partial charge in [0.25, 0.3) is 0 Å². The molecule has 0 aliphatic rings. The zero-order chi connectivity index (χ0) is 38.2. The van der Waals surface area contributed by atoms with Crippen molar-refractivity contribution >= 4 is 36.0 Å². The van der Waals surface area contributed by atoms with Crippen LogP contribution in [0.15, 0.2) is 0 Å². The molecule has 0 spiro atoms. The number of hydrogen-bond donors (Lipinski definition) is 3. The number of nitrogens with one attached hydrogen (secondary N) is 3. The Hall–Kier alpha value is -3.74. The number of carbonyl (C=O) groups is 6. The van der Waals surface area contributed by atoms with E-state index in [1.54, 1.807) is 67.2 Å². The molecule has 0 radical (unpaired) electrons. The van der Waals surface area contributed by atoms with Gasteiger partial charge in [-0.3, -0.25) is 19.3 Å². The molecule has 0 fully saturated rings.